The van der Waals surface area contributed by atoms with Gasteiger partial charge in [0.2, 0.25) is 0 Å². The SMILES string of the molecule is C=C/C(CCN(C)C)=N/O. The molecule has 0 atom stereocenters. The second-order valence-electron chi connectivity index (χ2n) is 2.35. The van der Waals surface area contributed by atoms with Gasteiger partial charge in [0.15, 0.2) is 0 Å². The predicted molar refractivity (Wildman–Crippen MR) is 42.6 cm³/mol. The fraction of sp³-hybridized carbons (Fsp3) is 0.571. The van der Waals surface area contributed by atoms with Crippen molar-refractivity contribution in [2.75, 3.05) is 20.6 Å². The van der Waals surface area contributed by atoms with Crippen molar-refractivity contribution >= 4 is 5.71 Å². The van der Waals surface area contributed by atoms with E-state index < -0.39 is 0 Å². The number of hydrogen-bond acceptors (Lipinski definition) is 3. The zero-order chi connectivity index (χ0) is 7.98. The van der Waals surface area contributed by atoms with Crippen LogP contribution in [-0.4, -0.2) is 36.5 Å². The summed E-state index contributed by atoms with van der Waals surface area (Å²) in [5.74, 6) is 0. The highest BCUT2D eigenvalue weighted by molar-refractivity contribution is 5.94. The second kappa shape index (κ2) is 4.99. The molecular formula is C7H14N2O. The third kappa shape index (κ3) is 4.09. The molecule has 0 aromatic heterocycles. The summed E-state index contributed by atoms with van der Waals surface area (Å²) in [6.07, 6.45) is 2.30. The summed E-state index contributed by atoms with van der Waals surface area (Å²) in [6, 6.07) is 0. The average Bonchev–Trinajstić information content (AvgIpc) is 1.90. The number of hydrogen-bond donors (Lipinski definition) is 1. The van der Waals surface area contributed by atoms with Crippen molar-refractivity contribution in [1.82, 2.24) is 4.90 Å². The Labute approximate surface area is 61.6 Å². The van der Waals surface area contributed by atoms with E-state index in [9.17, 15) is 0 Å². The maximum absolute atomic E-state index is 8.34. The summed E-state index contributed by atoms with van der Waals surface area (Å²) >= 11 is 0. The molecule has 0 fully saturated rings. The summed E-state index contributed by atoms with van der Waals surface area (Å²) in [4.78, 5) is 2.02. The largest absolute Gasteiger partial charge is 0.411 e. The maximum Gasteiger partial charge on any atom is 0.0802 e. The van der Waals surface area contributed by atoms with E-state index in [0.29, 0.717) is 5.71 Å². The van der Waals surface area contributed by atoms with Gasteiger partial charge in [0.25, 0.3) is 0 Å². The van der Waals surface area contributed by atoms with E-state index in [1.807, 2.05) is 19.0 Å². The van der Waals surface area contributed by atoms with E-state index in [0.717, 1.165) is 13.0 Å². The van der Waals surface area contributed by atoms with Crippen molar-refractivity contribution in [3.63, 3.8) is 0 Å². The van der Waals surface area contributed by atoms with Crippen LogP contribution in [0.4, 0.5) is 0 Å². The van der Waals surface area contributed by atoms with Crippen LogP contribution in [0.3, 0.4) is 0 Å². The lowest BCUT2D eigenvalue weighted by Gasteiger charge is -2.07. The third-order valence-corrected chi connectivity index (χ3v) is 1.18. The highest BCUT2D eigenvalue weighted by atomic mass is 16.4. The Kier molecular flexibility index (Phi) is 4.58. The van der Waals surface area contributed by atoms with Gasteiger partial charge in [-0.2, -0.15) is 0 Å². The molecule has 0 saturated heterocycles. The van der Waals surface area contributed by atoms with Gasteiger partial charge < -0.3 is 10.1 Å². The number of oxime groups is 1. The lowest BCUT2D eigenvalue weighted by Crippen LogP contribution is -2.15. The van der Waals surface area contributed by atoms with Crippen LogP contribution in [-0.2, 0) is 0 Å². The van der Waals surface area contributed by atoms with Crippen LogP contribution in [0.5, 0.6) is 0 Å². The maximum atomic E-state index is 8.34. The molecule has 10 heavy (non-hydrogen) atoms. The van der Waals surface area contributed by atoms with Gasteiger partial charge in [-0.1, -0.05) is 11.7 Å². The minimum absolute atomic E-state index is 0.633. The van der Waals surface area contributed by atoms with Crippen molar-refractivity contribution in [1.29, 1.82) is 0 Å². The minimum atomic E-state index is 0.633. The van der Waals surface area contributed by atoms with Crippen molar-refractivity contribution in [3.05, 3.63) is 12.7 Å². The molecule has 0 rings (SSSR count). The highest BCUT2D eigenvalue weighted by Gasteiger charge is 1.94. The number of rotatable bonds is 4. The van der Waals surface area contributed by atoms with Gasteiger partial charge in [-0.05, 0) is 20.2 Å². The Bertz CT molecular complexity index is 130. The van der Waals surface area contributed by atoms with Gasteiger partial charge in [0.1, 0.15) is 0 Å². The van der Waals surface area contributed by atoms with Gasteiger partial charge >= 0.3 is 0 Å². The normalized spacial score (nSPS) is 12.1. The second-order valence-corrected chi connectivity index (χ2v) is 2.35. The van der Waals surface area contributed by atoms with E-state index in [4.69, 9.17) is 5.21 Å². The monoisotopic (exact) mass is 142 g/mol. The summed E-state index contributed by atoms with van der Waals surface area (Å²) < 4.78 is 0. The third-order valence-electron chi connectivity index (χ3n) is 1.18. The van der Waals surface area contributed by atoms with Gasteiger partial charge in [0.05, 0.1) is 5.71 Å². The first-order chi connectivity index (χ1) is 4.70. The summed E-state index contributed by atoms with van der Waals surface area (Å²) in [7, 11) is 3.94. The van der Waals surface area contributed by atoms with Crippen LogP contribution in [0.1, 0.15) is 6.42 Å². The van der Waals surface area contributed by atoms with E-state index in [-0.39, 0.29) is 0 Å². The fourth-order valence-corrected chi connectivity index (χ4v) is 0.531. The van der Waals surface area contributed by atoms with Crippen molar-refractivity contribution in [2.45, 2.75) is 6.42 Å². The Morgan fingerprint density at radius 3 is 2.60 bits per heavy atom. The molecule has 3 heteroatoms. The number of allylic oxidation sites excluding steroid dienone is 1. The quantitative estimate of drug-likeness (QED) is 0.360. The smallest absolute Gasteiger partial charge is 0.0802 e. The Morgan fingerprint density at radius 2 is 2.30 bits per heavy atom. The molecule has 0 unspecified atom stereocenters. The molecule has 0 aliphatic carbocycles. The molecule has 0 saturated carbocycles. The van der Waals surface area contributed by atoms with Gasteiger partial charge in [-0.3, -0.25) is 0 Å². The Balaban J connectivity index is 3.56. The van der Waals surface area contributed by atoms with Crippen LogP contribution >= 0.6 is 0 Å². The van der Waals surface area contributed by atoms with E-state index >= 15 is 0 Å². The summed E-state index contributed by atoms with van der Waals surface area (Å²) in [5.41, 5.74) is 0.633. The predicted octanol–water partition coefficient (Wildman–Crippen LogP) is 0.954. The molecule has 0 aromatic rings. The Hall–Kier alpha value is -0.830. The summed E-state index contributed by atoms with van der Waals surface area (Å²) in [6.45, 7) is 4.38. The zero-order valence-electron chi connectivity index (χ0n) is 6.54. The standard InChI is InChI=1S/C7H14N2O/c1-4-7(8-10)5-6-9(2)3/h4,10H,1,5-6H2,2-3H3/b8-7-. The van der Waals surface area contributed by atoms with Crippen molar-refractivity contribution < 1.29 is 5.21 Å². The molecule has 0 bridgehead atoms. The first-order valence-electron chi connectivity index (χ1n) is 3.18. The molecule has 0 aromatic carbocycles. The van der Waals surface area contributed by atoms with E-state index in [1.54, 1.807) is 6.08 Å². The van der Waals surface area contributed by atoms with Gasteiger partial charge in [-0.15, -0.1) is 0 Å². The van der Waals surface area contributed by atoms with Crippen LogP contribution < -0.4 is 0 Å². The molecule has 58 valence electrons. The molecule has 1 N–H and O–H groups in total. The fourth-order valence-electron chi connectivity index (χ4n) is 0.531. The van der Waals surface area contributed by atoms with E-state index in [2.05, 4.69) is 11.7 Å². The molecule has 0 aliphatic rings. The molecule has 0 aliphatic heterocycles. The van der Waals surface area contributed by atoms with Gasteiger partial charge in [0, 0.05) is 13.0 Å². The molecular weight excluding hydrogens is 128 g/mol. The van der Waals surface area contributed by atoms with Crippen molar-refractivity contribution in [3.8, 4) is 0 Å². The van der Waals surface area contributed by atoms with Crippen LogP contribution in [0.2, 0.25) is 0 Å². The average molecular weight is 142 g/mol. The molecule has 3 nitrogen and oxygen atoms in total. The summed E-state index contributed by atoms with van der Waals surface area (Å²) in [5, 5.41) is 11.4. The topological polar surface area (TPSA) is 35.8 Å². The van der Waals surface area contributed by atoms with Crippen molar-refractivity contribution in [2.24, 2.45) is 5.16 Å². The van der Waals surface area contributed by atoms with E-state index in [1.165, 1.54) is 0 Å². The van der Waals surface area contributed by atoms with Crippen LogP contribution in [0.25, 0.3) is 0 Å². The zero-order valence-corrected chi connectivity index (χ0v) is 6.54. The highest BCUT2D eigenvalue weighted by Crippen LogP contribution is 1.88. The molecule has 0 radical (unpaired) electrons. The van der Waals surface area contributed by atoms with Crippen LogP contribution in [0.15, 0.2) is 17.8 Å². The molecule has 0 amide bonds. The van der Waals surface area contributed by atoms with Crippen LogP contribution in [0, 0.1) is 0 Å². The lowest BCUT2D eigenvalue weighted by atomic mass is 10.2. The van der Waals surface area contributed by atoms with Gasteiger partial charge in [-0.25, -0.2) is 0 Å². The number of nitrogens with zero attached hydrogens (tertiary/aromatic N) is 2. The first kappa shape index (κ1) is 9.17. The Morgan fingerprint density at radius 1 is 1.70 bits per heavy atom. The minimum Gasteiger partial charge on any atom is -0.411 e. The molecule has 0 spiro atoms. The molecule has 0 heterocycles. The lowest BCUT2D eigenvalue weighted by molar-refractivity contribution is 0.316. The first-order valence-corrected chi connectivity index (χ1v) is 3.18.